The van der Waals surface area contributed by atoms with Crippen LogP contribution in [0.3, 0.4) is 0 Å². The van der Waals surface area contributed by atoms with Crippen molar-refractivity contribution < 1.29 is 8.42 Å². The van der Waals surface area contributed by atoms with Crippen molar-refractivity contribution in [1.29, 1.82) is 0 Å². The van der Waals surface area contributed by atoms with E-state index < -0.39 is 9.84 Å². The summed E-state index contributed by atoms with van der Waals surface area (Å²) >= 11 is 0. The standard InChI is InChI=1S/C7H10N2O2S/c1-3-12(10,11)7-5-4-6(2)8-9-7/h4-5H,3H2,1-2H3. The fourth-order valence-electron chi connectivity index (χ4n) is 0.700. The van der Waals surface area contributed by atoms with Crippen molar-refractivity contribution in [2.75, 3.05) is 5.75 Å². The SMILES string of the molecule is CCS(=O)(=O)c1ccc(C)nn1. The summed E-state index contributed by atoms with van der Waals surface area (Å²) in [5.41, 5.74) is 0.713. The number of rotatable bonds is 2. The maximum Gasteiger partial charge on any atom is 0.197 e. The third kappa shape index (κ3) is 1.79. The highest BCUT2D eigenvalue weighted by atomic mass is 32.2. The first-order chi connectivity index (χ1) is 5.56. The number of hydrogen-bond donors (Lipinski definition) is 0. The topological polar surface area (TPSA) is 59.9 Å². The highest BCUT2D eigenvalue weighted by molar-refractivity contribution is 7.91. The molecule has 1 aromatic heterocycles. The lowest BCUT2D eigenvalue weighted by atomic mass is 10.4. The third-order valence-corrected chi connectivity index (χ3v) is 3.09. The molecule has 0 atom stereocenters. The van der Waals surface area contributed by atoms with Gasteiger partial charge >= 0.3 is 0 Å². The normalized spacial score (nSPS) is 11.5. The van der Waals surface area contributed by atoms with Gasteiger partial charge in [0.25, 0.3) is 0 Å². The van der Waals surface area contributed by atoms with E-state index in [0.29, 0.717) is 5.69 Å². The Morgan fingerprint density at radius 3 is 2.42 bits per heavy atom. The molecule has 0 saturated carbocycles. The van der Waals surface area contributed by atoms with Crippen molar-refractivity contribution in [2.24, 2.45) is 0 Å². The molecule has 0 bridgehead atoms. The van der Waals surface area contributed by atoms with Gasteiger partial charge in [-0.2, -0.15) is 5.10 Å². The van der Waals surface area contributed by atoms with Crippen LogP contribution in [0, 0.1) is 6.92 Å². The molecule has 0 aliphatic heterocycles. The fourth-order valence-corrected chi connectivity index (χ4v) is 1.44. The van der Waals surface area contributed by atoms with Crippen molar-refractivity contribution in [3.63, 3.8) is 0 Å². The molecule has 0 amide bonds. The van der Waals surface area contributed by atoms with Crippen LogP contribution in [0.1, 0.15) is 12.6 Å². The van der Waals surface area contributed by atoms with Crippen LogP contribution in [0.25, 0.3) is 0 Å². The van der Waals surface area contributed by atoms with E-state index in [1.54, 1.807) is 19.9 Å². The van der Waals surface area contributed by atoms with Crippen molar-refractivity contribution in [1.82, 2.24) is 10.2 Å². The van der Waals surface area contributed by atoms with Crippen LogP contribution < -0.4 is 0 Å². The van der Waals surface area contributed by atoms with Gasteiger partial charge in [0.15, 0.2) is 14.9 Å². The molecular formula is C7H10N2O2S. The fraction of sp³-hybridized carbons (Fsp3) is 0.429. The molecule has 66 valence electrons. The molecule has 0 saturated heterocycles. The van der Waals surface area contributed by atoms with E-state index in [-0.39, 0.29) is 10.8 Å². The molecule has 0 radical (unpaired) electrons. The molecule has 1 aromatic rings. The Hall–Kier alpha value is -0.970. The zero-order valence-electron chi connectivity index (χ0n) is 6.98. The summed E-state index contributed by atoms with van der Waals surface area (Å²) in [6.45, 7) is 3.34. The Morgan fingerprint density at radius 2 is 2.00 bits per heavy atom. The van der Waals surface area contributed by atoms with Gasteiger partial charge in [-0.25, -0.2) is 8.42 Å². The molecule has 5 heteroatoms. The first-order valence-corrected chi connectivity index (χ1v) is 5.24. The smallest absolute Gasteiger partial charge is 0.197 e. The number of hydrogen-bond acceptors (Lipinski definition) is 4. The summed E-state index contributed by atoms with van der Waals surface area (Å²) in [5.74, 6) is 0.0603. The minimum atomic E-state index is -3.19. The van der Waals surface area contributed by atoms with Gasteiger partial charge in [-0.3, -0.25) is 0 Å². The molecule has 4 nitrogen and oxygen atoms in total. The Kier molecular flexibility index (Phi) is 2.42. The van der Waals surface area contributed by atoms with Gasteiger partial charge in [0.1, 0.15) is 0 Å². The van der Waals surface area contributed by atoms with Crippen LogP contribution in [0.15, 0.2) is 17.2 Å². The largest absolute Gasteiger partial charge is 0.222 e. The summed E-state index contributed by atoms with van der Waals surface area (Å²) < 4.78 is 22.4. The van der Waals surface area contributed by atoms with Gasteiger partial charge in [0.05, 0.1) is 11.4 Å². The van der Waals surface area contributed by atoms with Crippen molar-refractivity contribution in [3.8, 4) is 0 Å². The van der Waals surface area contributed by atoms with Crippen molar-refractivity contribution >= 4 is 9.84 Å². The first-order valence-electron chi connectivity index (χ1n) is 3.59. The van der Waals surface area contributed by atoms with E-state index >= 15 is 0 Å². The zero-order chi connectivity index (χ0) is 9.19. The van der Waals surface area contributed by atoms with E-state index in [0.717, 1.165) is 0 Å². The predicted molar refractivity (Wildman–Crippen MR) is 44.5 cm³/mol. The van der Waals surface area contributed by atoms with Gasteiger partial charge in [0.2, 0.25) is 0 Å². The molecule has 0 N–H and O–H groups in total. The maximum absolute atomic E-state index is 11.2. The lowest BCUT2D eigenvalue weighted by molar-refractivity contribution is 0.591. The van der Waals surface area contributed by atoms with Gasteiger partial charge in [-0.15, -0.1) is 5.10 Å². The summed E-state index contributed by atoms with van der Waals surface area (Å²) in [6.07, 6.45) is 0. The molecule has 0 spiro atoms. The van der Waals surface area contributed by atoms with E-state index in [9.17, 15) is 8.42 Å². The van der Waals surface area contributed by atoms with E-state index in [1.807, 2.05) is 0 Å². The van der Waals surface area contributed by atoms with Crippen LogP contribution in [0.4, 0.5) is 0 Å². The lowest BCUT2D eigenvalue weighted by Gasteiger charge is -1.97. The maximum atomic E-state index is 11.2. The van der Waals surface area contributed by atoms with Crippen molar-refractivity contribution in [3.05, 3.63) is 17.8 Å². The van der Waals surface area contributed by atoms with Crippen molar-refractivity contribution in [2.45, 2.75) is 18.9 Å². The van der Waals surface area contributed by atoms with Gasteiger partial charge in [-0.05, 0) is 19.1 Å². The second kappa shape index (κ2) is 3.18. The van der Waals surface area contributed by atoms with E-state index in [4.69, 9.17) is 0 Å². The molecular weight excluding hydrogens is 176 g/mol. The average Bonchev–Trinajstić information content (AvgIpc) is 2.05. The van der Waals surface area contributed by atoms with Gasteiger partial charge in [0, 0.05) is 0 Å². The molecule has 0 fully saturated rings. The van der Waals surface area contributed by atoms with Crippen LogP contribution in [0.2, 0.25) is 0 Å². The molecule has 0 aliphatic carbocycles. The second-order valence-electron chi connectivity index (χ2n) is 2.42. The minimum Gasteiger partial charge on any atom is -0.222 e. The van der Waals surface area contributed by atoms with E-state index in [1.165, 1.54) is 6.07 Å². The molecule has 0 unspecified atom stereocenters. The number of sulfone groups is 1. The number of nitrogens with zero attached hydrogens (tertiary/aromatic N) is 2. The second-order valence-corrected chi connectivity index (χ2v) is 4.64. The Balaban J connectivity index is 3.14. The summed E-state index contributed by atoms with van der Waals surface area (Å²) in [6, 6.07) is 3.11. The highest BCUT2D eigenvalue weighted by Crippen LogP contribution is 2.05. The van der Waals surface area contributed by atoms with Gasteiger partial charge in [-0.1, -0.05) is 6.92 Å². The van der Waals surface area contributed by atoms with Crippen LogP contribution >= 0.6 is 0 Å². The summed E-state index contributed by atoms with van der Waals surface area (Å²) in [4.78, 5) is 0. The Bertz CT molecular complexity index is 355. The van der Waals surface area contributed by atoms with Gasteiger partial charge < -0.3 is 0 Å². The Morgan fingerprint density at radius 1 is 1.33 bits per heavy atom. The molecule has 0 aliphatic rings. The molecule has 0 aromatic carbocycles. The first kappa shape index (κ1) is 9.12. The van der Waals surface area contributed by atoms with Crippen LogP contribution in [-0.2, 0) is 9.84 Å². The third-order valence-electron chi connectivity index (χ3n) is 1.47. The zero-order valence-corrected chi connectivity index (χ0v) is 7.80. The minimum absolute atomic E-state index is 0.0515. The molecule has 1 rings (SSSR count). The van der Waals surface area contributed by atoms with Crippen LogP contribution in [0.5, 0.6) is 0 Å². The monoisotopic (exact) mass is 186 g/mol. The summed E-state index contributed by atoms with van der Waals surface area (Å²) in [7, 11) is -3.19. The molecule has 12 heavy (non-hydrogen) atoms. The summed E-state index contributed by atoms with van der Waals surface area (Å²) in [5, 5.41) is 7.30. The average molecular weight is 186 g/mol. The van der Waals surface area contributed by atoms with E-state index in [2.05, 4.69) is 10.2 Å². The lowest BCUT2D eigenvalue weighted by Crippen LogP contribution is -2.07. The number of aryl methyl sites for hydroxylation is 1. The predicted octanol–water partition coefficient (Wildman–Crippen LogP) is 0.579. The highest BCUT2D eigenvalue weighted by Gasteiger charge is 2.12. The molecule has 1 heterocycles. The number of aromatic nitrogens is 2. The van der Waals surface area contributed by atoms with Crippen LogP contribution in [-0.4, -0.2) is 24.4 Å². The Labute approximate surface area is 71.6 Å². The quantitative estimate of drug-likeness (QED) is 0.677.